The number of hydrogen-bond donors (Lipinski definition) is 0. The van der Waals surface area contributed by atoms with Crippen LogP contribution in [-0.2, 0) is 12.8 Å². The number of alkyl halides is 3. The molecule has 3 aromatic rings. The van der Waals surface area contributed by atoms with Gasteiger partial charge in [0.05, 0.1) is 5.56 Å². The van der Waals surface area contributed by atoms with Crippen molar-refractivity contribution in [2.75, 3.05) is 39.3 Å². The van der Waals surface area contributed by atoms with E-state index in [1.165, 1.54) is 12.1 Å². The van der Waals surface area contributed by atoms with Gasteiger partial charge in [0.2, 0.25) is 0 Å². The van der Waals surface area contributed by atoms with Crippen molar-refractivity contribution in [1.29, 1.82) is 0 Å². The molecule has 2 fully saturated rings. The van der Waals surface area contributed by atoms with Crippen LogP contribution < -0.4 is 4.74 Å². The zero-order valence-corrected chi connectivity index (χ0v) is 20.7. The molecule has 2 amide bonds. The first-order chi connectivity index (χ1) is 18.3. The number of carbonyl (C=O) groups is 2. The second-order valence-corrected chi connectivity index (χ2v) is 9.57. The number of benzene rings is 3. The molecule has 0 spiro atoms. The second-order valence-electron chi connectivity index (χ2n) is 9.57. The fraction of sp³-hybridized carbons (Fsp3) is 0.310. The van der Waals surface area contributed by atoms with Gasteiger partial charge in [0.15, 0.2) is 0 Å². The van der Waals surface area contributed by atoms with Gasteiger partial charge in [-0.05, 0) is 54.1 Å². The number of halogens is 3. The molecule has 0 N–H and O–H groups in total. The van der Waals surface area contributed by atoms with Crippen molar-refractivity contribution in [3.63, 3.8) is 0 Å². The van der Waals surface area contributed by atoms with E-state index in [0.717, 1.165) is 25.2 Å². The average Bonchev–Trinajstić information content (AvgIpc) is 2.91. The van der Waals surface area contributed by atoms with Gasteiger partial charge in [0, 0.05) is 56.4 Å². The monoisotopic (exact) mass is 523 g/mol. The molecule has 2 saturated heterocycles. The molecule has 5 rings (SSSR count). The molecule has 6 nitrogen and oxygen atoms in total. The Morgan fingerprint density at radius 1 is 0.737 bits per heavy atom. The minimum Gasteiger partial charge on any atom is -0.489 e. The molecule has 38 heavy (non-hydrogen) atoms. The summed E-state index contributed by atoms with van der Waals surface area (Å²) in [7, 11) is 0. The molecule has 0 aromatic heterocycles. The number of likely N-dealkylation sites (tertiary alicyclic amines) is 1. The van der Waals surface area contributed by atoms with Gasteiger partial charge in [-0.25, -0.2) is 0 Å². The number of carbonyl (C=O) groups excluding carboxylic acids is 2. The highest BCUT2D eigenvalue weighted by Gasteiger charge is 2.37. The van der Waals surface area contributed by atoms with Gasteiger partial charge >= 0.3 is 6.18 Å². The van der Waals surface area contributed by atoms with Crippen molar-refractivity contribution in [3.8, 4) is 5.75 Å². The van der Waals surface area contributed by atoms with Crippen LogP contribution >= 0.6 is 0 Å². The van der Waals surface area contributed by atoms with Gasteiger partial charge in [-0.1, -0.05) is 30.3 Å². The van der Waals surface area contributed by atoms with Crippen molar-refractivity contribution in [1.82, 2.24) is 14.7 Å². The summed E-state index contributed by atoms with van der Waals surface area (Å²) in [4.78, 5) is 31.6. The maximum absolute atomic E-state index is 12.9. The SMILES string of the molecule is O=C(c1ccccc1)N1CCN(C2CN(C(=O)c3ccc(OCc4ccc(C(F)(F)F)cc4)cc3)C2)CC1. The van der Waals surface area contributed by atoms with Gasteiger partial charge in [0.1, 0.15) is 12.4 Å². The summed E-state index contributed by atoms with van der Waals surface area (Å²) >= 11 is 0. The van der Waals surface area contributed by atoms with E-state index >= 15 is 0 Å². The quantitative estimate of drug-likeness (QED) is 0.475. The van der Waals surface area contributed by atoms with E-state index in [-0.39, 0.29) is 18.4 Å². The third kappa shape index (κ3) is 5.83. The molecule has 2 heterocycles. The lowest BCUT2D eigenvalue weighted by atomic mass is 10.0. The topological polar surface area (TPSA) is 53.1 Å². The molecule has 9 heteroatoms. The Hall–Kier alpha value is -3.85. The van der Waals surface area contributed by atoms with Crippen LogP contribution in [0.2, 0.25) is 0 Å². The number of amides is 2. The van der Waals surface area contributed by atoms with Gasteiger partial charge in [-0.2, -0.15) is 13.2 Å². The third-order valence-electron chi connectivity index (χ3n) is 7.08. The first-order valence-corrected chi connectivity index (χ1v) is 12.5. The Bertz CT molecular complexity index is 1250. The summed E-state index contributed by atoms with van der Waals surface area (Å²) in [5, 5.41) is 0. The molecule has 198 valence electrons. The summed E-state index contributed by atoms with van der Waals surface area (Å²) in [6.07, 6.45) is -4.36. The van der Waals surface area contributed by atoms with Crippen LogP contribution in [0.1, 0.15) is 31.8 Å². The first kappa shape index (κ1) is 25.8. The van der Waals surface area contributed by atoms with Crippen molar-refractivity contribution in [2.24, 2.45) is 0 Å². The van der Waals surface area contributed by atoms with Crippen LogP contribution in [0.4, 0.5) is 13.2 Å². The van der Waals surface area contributed by atoms with Crippen LogP contribution in [0.5, 0.6) is 5.75 Å². The van der Waals surface area contributed by atoms with Gasteiger partial charge < -0.3 is 14.5 Å². The number of piperazine rings is 1. The van der Waals surface area contributed by atoms with E-state index in [1.807, 2.05) is 40.1 Å². The molecule has 0 saturated carbocycles. The highest BCUT2D eigenvalue weighted by molar-refractivity contribution is 5.95. The van der Waals surface area contributed by atoms with E-state index in [1.54, 1.807) is 24.3 Å². The van der Waals surface area contributed by atoms with Crippen LogP contribution in [0.3, 0.4) is 0 Å². The van der Waals surface area contributed by atoms with Gasteiger partial charge in [-0.15, -0.1) is 0 Å². The highest BCUT2D eigenvalue weighted by atomic mass is 19.4. The summed E-state index contributed by atoms with van der Waals surface area (Å²) in [6, 6.07) is 21.2. The Morgan fingerprint density at radius 2 is 1.32 bits per heavy atom. The molecule has 0 aliphatic carbocycles. The lowest BCUT2D eigenvalue weighted by Gasteiger charge is -2.48. The second kappa shape index (κ2) is 10.9. The zero-order valence-electron chi connectivity index (χ0n) is 20.7. The smallest absolute Gasteiger partial charge is 0.416 e. The number of nitrogens with zero attached hydrogens (tertiary/aromatic N) is 3. The van der Waals surface area contributed by atoms with Crippen molar-refractivity contribution in [3.05, 3.63) is 101 Å². The van der Waals surface area contributed by atoms with E-state index in [0.29, 0.717) is 54.7 Å². The minimum absolute atomic E-state index is 0.0477. The Labute approximate surface area is 219 Å². The van der Waals surface area contributed by atoms with Crippen molar-refractivity contribution in [2.45, 2.75) is 18.8 Å². The zero-order chi connectivity index (χ0) is 26.7. The van der Waals surface area contributed by atoms with Crippen LogP contribution in [0, 0.1) is 0 Å². The van der Waals surface area contributed by atoms with E-state index < -0.39 is 11.7 Å². The number of rotatable bonds is 6. The molecule has 3 aromatic carbocycles. The van der Waals surface area contributed by atoms with Crippen molar-refractivity contribution < 1.29 is 27.5 Å². The standard InChI is InChI=1S/C29H28F3N3O3/c30-29(31,32)24-10-6-21(7-11-24)20-38-26-12-8-23(9-13-26)28(37)35-18-25(19-35)33-14-16-34(17-15-33)27(36)22-4-2-1-3-5-22/h1-13,25H,14-20H2. The summed E-state index contributed by atoms with van der Waals surface area (Å²) in [5.41, 5.74) is 1.19. The minimum atomic E-state index is -4.36. The van der Waals surface area contributed by atoms with E-state index in [2.05, 4.69) is 4.90 Å². The molecular formula is C29H28F3N3O3. The fourth-order valence-corrected chi connectivity index (χ4v) is 4.74. The maximum Gasteiger partial charge on any atom is 0.416 e. The van der Waals surface area contributed by atoms with Crippen molar-refractivity contribution >= 4 is 11.8 Å². The molecule has 0 atom stereocenters. The Kier molecular flexibility index (Phi) is 7.37. The summed E-state index contributed by atoms with van der Waals surface area (Å²) in [5.74, 6) is 0.543. The lowest BCUT2D eigenvalue weighted by molar-refractivity contribution is -0.137. The van der Waals surface area contributed by atoms with Crippen LogP contribution in [-0.4, -0.2) is 71.8 Å². The van der Waals surface area contributed by atoms with E-state index in [9.17, 15) is 22.8 Å². The summed E-state index contributed by atoms with van der Waals surface area (Å²) < 4.78 is 43.7. The predicted molar refractivity (Wildman–Crippen MR) is 136 cm³/mol. The van der Waals surface area contributed by atoms with Crippen LogP contribution in [0.15, 0.2) is 78.9 Å². The first-order valence-electron chi connectivity index (χ1n) is 12.5. The molecular weight excluding hydrogens is 495 g/mol. The maximum atomic E-state index is 12.9. The molecule has 2 aliphatic heterocycles. The van der Waals surface area contributed by atoms with Gasteiger partial charge in [0.25, 0.3) is 11.8 Å². The molecule has 0 radical (unpaired) electrons. The average molecular weight is 524 g/mol. The van der Waals surface area contributed by atoms with Crippen LogP contribution in [0.25, 0.3) is 0 Å². The highest BCUT2D eigenvalue weighted by Crippen LogP contribution is 2.29. The molecule has 0 bridgehead atoms. The number of hydrogen-bond acceptors (Lipinski definition) is 4. The normalized spacial score (nSPS) is 16.7. The van der Waals surface area contributed by atoms with E-state index in [4.69, 9.17) is 4.74 Å². The summed E-state index contributed by atoms with van der Waals surface area (Å²) in [6.45, 7) is 4.35. The molecule has 2 aliphatic rings. The largest absolute Gasteiger partial charge is 0.489 e. The Morgan fingerprint density at radius 3 is 1.92 bits per heavy atom. The lowest BCUT2D eigenvalue weighted by Crippen LogP contribution is -2.64. The third-order valence-corrected chi connectivity index (χ3v) is 7.08. The fourth-order valence-electron chi connectivity index (χ4n) is 4.74. The number of ether oxygens (including phenoxy) is 1. The predicted octanol–water partition coefficient (Wildman–Crippen LogP) is 4.57. The van der Waals surface area contributed by atoms with Gasteiger partial charge in [-0.3, -0.25) is 14.5 Å². The molecule has 0 unspecified atom stereocenters. The Balaban J connectivity index is 1.06.